The van der Waals surface area contributed by atoms with Crippen LogP contribution in [0.5, 0.6) is 0 Å². The highest BCUT2D eigenvalue weighted by atomic mass is 32.1. The zero-order valence-electron chi connectivity index (χ0n) is 11.9. The van der Waals surface area contributed by atoms with Gasteiger partial charge in [0.15, 0.2) is 0 Å². The standard InChI is InChI=1S/C14H20N2O4S/c1-2-16(12-9-20-8-11(12)13(17)18)14(19)15-6-5-10-4-3-7-21-10/h3-4,7,11-12H,2,5-6,8-9H2,1H3,(H,15,19)(H,17,18). The lowest BCUT2D eigenvalue weighted by Gasteiger charge is -2.29. The number of carbonyl (C=O) groups excluding carboxylic acids is 1. The number of thiophene rings is 1. The minimum absolute atomic E-state index is 0.166. The Kier molecular flexibility index (Phi) is 5.58. The molecule has 1 fully saturated rings. The van der Waals surface area contributed by atoms with Crippen molar-refractivity contribution in [2.75, 3.05) is 26.3 Å². The Morgan fingerprint density at radius 1 is 1.52 bits per heavy atom. The van der Waals surface area contributed by atoms with Gasteiger partial charge in [-0.25, -0.2) is 4.79 Å². The Labute approximate surface area is 127 Å². The summed E-state index contributed by atoms with van der Waals surface area (Å²) in [6.07, 6.45) is 0.782. The number of hydrogen-bond donors (Lipinski definition) is 2. The monoisotopic (exact) mass is 312 g/mol. The number of aliphatic carboxylic acids is 1. The van der Waals surface area contributed by atoms with Crippen LogP contribution < -0.4 is 5.32 Å². The Morgan fingerprint density at radius 2 is 2.33 bits per heavy atom. The van der Waals surface area contributed by atoms with Gasteiger partial charge in [0.1, 0.15) is 5.92 Å². The fourth-order valence-corrected chi connectivity index (χ4v) is 3.17. The number of nitrogens with one attached hydrogen (secondary N) is 1. The normalized spacial score (nSPS) is 21.2. The number of urea groups is 1. The number of nitrogens with zero attached hydrogens (tertiary/aromatic N) is 1. The van der Waals surface area contributed by atoms with E-state index in [1.54, 1.807) is 16.2 Å². The van der Waals surface area contributed by atoms with Gasteiger partial charge in [0.05, 0.1) is 19.3 Å². The molecule has 6 nitrogen and oxygen atoms in total. The molecule has 1 aromatic heterocycles. The van der Waals surface area contributed by atoms with Crippen molar-refractivity contribution in [2.45, 2.75) is 19.4 Å². The first-order valence-electron chi connectivity index (χ1n) is 7.01. The van der Waals surface area contributed by atoms with Gasteiger partial charge in [0, 0.05) is 18.0 Å². The van der Waals surface area contributed by atoms with Crippen molar-refractivity contribution in [3.8, 4) is 0 Å². The zero-order valence-corrected chi connectivity index (χ0v) is 12.8. The van der Waals surface area contributed by atoms with E-state index < -0.39 is 17.9 Å². The number of likely N-dealkylation sites (N-methyl/N-ethyl adjacent to an activating group) is 1. The van der Waals surface area contributed by atoms with E-state index in [-0.39, 0.29) is 19.2 Å². The molecule has 116 valence electrons. The predicted octanol–water partition coefficient (Wildman–Crippen LogP) is 1.42. The van der Waals surface area contributed by atoms with Gasteiger partial charge in [-0.1, -0.05) is 6.07 Å². The van der Waals surface area contributed by atoms with E-state index in [1.165, 1.54) is 4.88 Å². The maximum absolute atomic E-state index is 12.2. The van der Waals surface area contributed by atoms with E-state index in [0.717, 1.165) is 6.42 Å². The quantitative estimate of drug-likeness (QED) is 0.833. The van der Waals surface area contributed by atoms with E-state index in [1.807, 2.05) is 24.4 Å². The molecule has 0 aromatic carbocycles. The molecule has 0 aliphatic carbocycles. The fraction of sp³-hybridized carbons (Fsp3) is 0.571. The maximum Gasteiger partial charge on any atom is 0.317 e. The fourth-order valence-electron chi connectivity index (χ4n) is 2.46. The SMILES string of the molecule is CCN(C(=O)NCCc1cccs1)C1COCC1C(=O)O. The molecular weight excluding hydrogens is 292 g/mol. The molecule has 1 aromatic rings. The Morgan fingerprint density at radius 3 is 2.95 bits per heavy atom. The van der Waals surface area contributed by atoms with Gasteiger partial charge in [-0.05, 0) is 24.8 Å². The first kappa shape index (κ1) is 15.8. The van der Waals surface area contributed by atoms with Crippen LogP contribution in [-0.2, 0) is 16.0 Å². The van der Waals surface area contributed by atoms with Gasteiger partial charge in [0.2, 0.25) is 0 Å². The highest BCUT2D eigenvalue weighted by Gasteiger charge is 2.39. The van der Waals surface area contributed by atoms with Crippen LogP contribution in [0.25, 0.3) is 0 Å². The second-order valence-corrected chi connectivity index (χ2v) is 5.93. The Balaban J connectivity index is 1.87. The molecule has 2 heterocycles. The van der Waals surface area contributed by atoms with Crippen molar-refractivity contribution in [3.63, 3.8) is 0 Å². The van der Waals surface area contributed by atoms with E-state index in [4.69, 9.17) is 4.74 Å². The second-order valence-electron chi connectivity index (χ2n) is 4.90. The summed E-state index contributed by atoms with van der Waals surface area (Å²) < 4.78 is 5.23. The molecule has 7 heteroatoms. The van der Waals surface area contributed by atoms with Crippen molar-refractivity contribution in [1.29, 1.82) is 0 Å². The van der Waals surface area contributed by atoms with E-state index in [2.05, 4.69) is 5.32 Å². The number of hydrogen-bond acceptors (Lipinski definition) is 4. The molecule has 0 saturated carbocycles. The van der Waals surface area contributed by atoms with Gasteiger partial charge in [-0.15, -0.1) is 11.3 Å². The molecular formula is C14H20N2O4S. The molecule has 2 atom stereocenters. The van der Waals surface area contributed by atoms with Gasteiger partial charge >= 0.3 is 12.0 Å². The first-order valence-corrected chi connectivity index (χ1v) is 7.88. The molecule has 2 amide bonds. The van der Waals surface area contributed by atoms with Crippen LogP contribution in [0.15, 0.2) is 17.5 Å². The third-order valence-electron chi connectivity index (χ3n) is 3.60. The Bertz CT molecular complexity index is 477. The zero-order chi connectivity index (χ0) is 15.2. The highest BCUT2D eigenvalue weighted by Crippen LogP contribution is 2.20. The number of carbonyl (C=O) groups is 2. The van der Waals surface area contributed by atoms with Crippen molar-refractivity contribution in [2.24, 2.45) is 5.92 Å². The minimum atomic E-state index is -0.915. The van der Waals surface area contributed by atoms with Crippen molar-refractivity contribution in [3.05, 3.63) is 22.4 Å². The molecule has 2 unspecified atom stereocenters. The molecule has 1 saturated heterocycles. The van der Waals surface area contributed by atoms with Crippen LogP contribution in [0.2, 0.25) is 0 Å². The van der Waals surface area contributed by atoms with E-state index >= 15 is 0 Å². The number of carboxylic acids is 1. The topological polar surface area (TPSA) is 78.9 Å². The van der Waals surface area contributed by atoms with Crippen molar-refractivity contribution < 1.29 is 19.4 Å². The summed E-state index contributed by atoms with van der Waals surface area (Å²) in [4.78, 5) is 26.2. The number of carboxylic acid groups (broad SMARTS) is 1. The van der Waals surface area contributed by atoms with Crippen LogP contribution in [0.1, 0.15) is 11.8 Å². The maximum atomic E-state index is 12.2. The van der Waals surface area contributed by atoms with Crippen molar-refractivity contribution >= 4 is 23.3 Å². The lowest BCUT2D eigenvalue weighted by atomic mass is 10.0. The van der Waals surface area contributed by atoms with Crippen LogP contribution in [0, 0.1) is 5.92 Å². The summed E-state index contributed by atoms with van der Waals surface area (Å²) >= 11 is 1.66. The summed E-state index contributed by atoms with van der Waals surface area (Å²) in [6, 6.07) is 3.39. The van der Waals surface area contributed by atoms with Gasteiger partial charge in [-0.3, -0.25) is 4.79 Å². The summed E-state index contributed by atoms with van der Waals surface area (Å²) in [5, 5.41) is 14.0. The van der Waals surface area contributed by atoms with Gasteiger partial charge < -0.3 is 20.1 Å². The number of amides is 2. The third-order valence-corrected chi connectivity index (χ3v) is 4.53. The van der Waals surface area contributed by atoms with Crippen LogP contribution in [0.4, 0.5) is 4.79 Å². The van der Waals surface area contributed by atoms with Crippen LogP contribution in [-0.4, -0.2) is 54.4 Å². The largest absolute Gasteiger partial charge is 0.481 e. The molecule has 1 aliphatic heterocycles. The minimum Gasteiger partial charge on any atom is -0.481 e. The Hall–Kier alpha value is -1.60. The summed E-state index contributed by atoms with van der Waals surface area (Å²) in [7, 11) is 0. The smallest absolute Gasteiger partial charge is 0.317 e. The predicted molar refractivity (Wildman–Crippen MR) is 79.5 cm³/mol. The second kappa shape index (κ2) is 7.42. The third kappa shape index (κ3) is 3.95. The van der Waals surface area contributed by atoms with E-state index in [0.29, 0.717) is 13.1 Å². The lowest BCUT2D eigenvalue weighted by Crippen LogP contribution is -2.50. The molecule has 0 bridgehead atoms. The molecule has 0 spiro atoms. The van der Waals surface area contributed by atoms with Crippen LogP contribution >= 0.6 is 11.3 Å². The van der Waals surface area contributed by atoms with Gasteiger partial charge in [-0.2, -0.15) is 0 Å². The molecule has 1 aliphatic rings. The van der Waals surface area contributed by atoms with Crippen molar-refractivity contribution in [1.82, 2.24) is 10.2 Å². The summed E-state index contributed by atoms with van der Waals surface area (Å²) in [5.74, 6) is -1.56. The highest BCUT2D eigenvalue weighted by molar-refractivity contribution is 7.09. The number of rotatable bonds is 6. The molecule has 21 heavy (non-hydrogen) atoms. The number of ether oxygens (including phenoxy) is 1. The summed E-state index contributed by atoms with van der Waals surface area (Å²) in [5.41, 5.74) is 0. The summed E-state index contributed by atoms with van der Waals surface area (Å²) in [6.45, 7) is 3.29. The molecule has 0 radical (unpaired) electrons. The first-order chi connectivity index (χ1) is 10.1. The van der Waals surface area contributed by atoms with Gasteiger partial charge in [0.25, 0.3) is 0 Å². The lowest BCUT2D eigenvalue weighted by molar-refractivity contribution is -0.142. The average Bonchev–Trinajstić information content (AvgIpc) is 3.10. The van der Waals surface area contributed by atoms with Crippen LogP contribution in [0.3, 0.4) is 0 Å². The molecule has 2 N–H and O–H groups in total. The molecule has 2 rings (SSSR count). The average molecular weight is 312 g/mol. The van der Waals surface area contributed by atoms with E-state index in [9.17, 15) is 14.7 Å².